The fraction of sp³-hybridized carbons (Fsp3) is 0.667. The van der Waals surface area contributed by atoms with Crippen LogP contribution in [-0.4, -0.2) is 29.5 Å². The van der Waals surface area contributed by atoms with Gasteiger partial charge in [-0.15, -0.1) is 11.3 Å². The van der Waals surface area contributed by atoms with Crippen LogP contribution in [0.5, 0.6) is 0 Å². The van der Waals surface area contributed by atoms with Gasteiger partial charge in [0.1, 0.15) is 4.83 Å². The van der Waals surface area contributed by atoms with Crippen LogP contribution < -0.4 is 10.7 Å². The molecule has 0 spiro atoms. The summed E-state index contributed by atoms with van der Waals surface area (Å²) in [5, 5.41) is 6.58. The first kappa shape index (κ1) is 20.8. The summed E-state index contributed by atoms with van der Waals surface area (Å²) in [5.41, 5.74) is 1.27. The normalized spacial score (nSPS) is 14.8. The van der Waals surface area contributed by atoms with Gasteiger partial charge in [0.2, 0.25) is 10.0 Å². The maximum absolute atomic E-state index is 13.3. The average molecular weight is 430 g/mol. The van der Waals surface area contributed by atoms with Crippen LogP contribution in [0.3, 0.4) is 0 Å². The second-order valence-corrected chi connectivity index (χ2v) is 11.4. The zero-order valence-corrected chi connectivity index (χ0v) is 18.3. The van der Waals surface area contributed by atoms with E-state index in [1.807, 2.05) is 0 Å². The van der Waals surface area contributed by atoms with Gasteiger partial charge in [0.05, 0.1) is 11.1 Å². The molecule has 0 amide bonds. The number of fused-ring (bicyclic) bond motifs is 3. The smallest absolute Gasteiger partial charge is 0.263 e. The number of thiophene rings is 1. The summed E-state index contributed by atoms with van der Waals surface area (Å²) < 4.78 is 24.1. The van der Waals surface area contributed by atoms with E-state index >= 15 is 0 Å². The van der Waals surface area contributed by atoms with Gasteiger partial charge in [0, 0.05) is 17.2 Å². The van der Waals surface area contributed by atoms with Crippen molar-refractivity contribution in [2.24, 2.45) is 11.1 Å². The predicted octanol–water partition coefficient (Wildman–Crippen LogP) is 3.15. The molecule has 2 aromatic heterocycles. The summed E-state index contributed by atoms with van der Waals surface area (Å²) in [6.45, 7) is 4.92. The minimum atomic E-state index is -3.46. The maximum atomic E-state index is 13.3. The Kier molecular flexibility index (Phi) is 6.66. The molecule has 6 nitrogen and oxygen atoms in total. The topological polar surface area (TPSA) is 95.1 Å². The van der Waals surface area contributed by atoms with Crippen LogP contribution in [0.15, 0.2) is 9.95 Å². The highest BCUT2D eigenvalue weighted by atomic mass is 32.2. The zero-order chi connectivity index (χ0) is 19.6. The van der Waals surface area contributed by atoms with E-state index in [4.69, 9.17) is 10.1 Å². The average Bonchev–Trinajstić information content (AvgIpc) is 2.95. The third kappa shape index (κ3) is 5.13. The number of nitrogens with zero attached hydrogens (tertiary/aromatic N) is 2. The van der Waals surface area contributed by atoms with E-state index in [9.17, 15) is 13.2 Å². The second-order valence-electron chi connectivity index (χ2n) is 7.49. The fourth-order valence-electron chi connectivity index (χ4n) is 3.34. The summed E-state index contributed by atoms with van der Waals surface area (Å²) in [4.78, 5) is 20.3. The number of aromatic nitrogens is 2. The van der Waals surface area contributed by atoms with Crippen molar-refractivity contribution in [3.8, 4) is 0 Å². The lowest BCUT2D eigenvalue weighted by molar-refractivity contribution is 0.481. The van der Waals surface area contributed by atoms with Gasteiger partial charge < -0.3 is 0 Å². The van der Waals surface area contributed by atoms with Crippen LogP contribution in [0.25, 0.3) is 10.2 Å². The Morgan fingerprint density at radius 1 is 1.30 bits per heavy atom. The Bertz CT molecular complexity index is 977. The van der Waals surface area contributed by atoms with Crippen molar-refractivity contribution in [2.75, 3.05) is 11.5 Å². The van der Waals surface area contributed by atoms with Gasteiger partial charge in [-0.1, -0.05) is 25.6 Å². The third-order valence-corrected chi connectivity index (χ3v) is 7.88. The number of hydrogen-bond donors (Lipinski definition) is 1. The number of nitrogens with two attached hydrogens (primary N) is 1. The first-order valence-corrected chi connectivity index (χ1v) is 13.0. The molecule has 2 heterocycles. The molecule has 0 fully saturated rings. The van der Waals surface area contributed by atoms with Crippen LogP contribution >= 0.6 is 23.1 Å². The first-order chi connectivity index (χ1) is 12.8. The molecule has 0 radical (unpaired) electrons. The molecule has 0 aliphatic heterocycles. The van der Waals surface area contributed by atoms with Crippen LogP contribution in [-0.2, 0) is 29.4 Å². The standard InChI is InChI=1S/C18H27N3O3S3/c1-12(2)8-9-21-17(22)15-13-6-3-4-7-14(13)26-16(15)20-18(21)25-10-5-11-27(19,23)24/h12H,3-11H2,1-2H3,(H2,19,23,24). The molecule has 0 aromatic carbocycles. The van der Waals surface area contributed by atoms with Crippen molar-refractivity contribution >= 4 is 43.3 Å². The highest BCUT2D eigenvalue weighted by molar-refractivity contribution is 7.99. The van der Waals surface area contributed by atoms with E-state index in [0.29, 0.717) is 29.8 Å². The monoisotopic (exact) mass is 429 g/mol. The van der Waals surface area contributed by atoms with Gasteiger partial charge in [0.15, 0.2) is 5.16 Å². The summed E-state index contributed by atoms with van der Waals surface area (Å²) in [6.07, 6.45) is 5.67. The molecule has 150 valence electrons. The van der Waals surface area contributed by atoms with Gasteiger partial charge in [-0.05, 0) is 50.0 Å². The predicted molar refractivity (Wildman–Crippen MR) is 113 cm³/mol. The van der Waals surface area contributed by atoms with Gasteiger partial charge in [-0.2, -0.15) is 0 Å². The third-order valence-electron chi connectivity index (χ3n) is 4.77. The number of aryl methyl sites for hydroxylation is 2. The molecule has 0 unspecified atom stereocenters. The Balaban J connectivity index is 1.94. The van der Waals surface area contributed by atoms with Crippen molar-refractivity contribution in [2.45, 2.75) is 64.1 Å². The van der Waals surface area contributed by atoms with Crippen molar-refractivity contribution in [3.63, 3.8) is 0 Å². The molecule has 0 saturated heterocycles. The minimum absolute atomic E-state index is 0.0498. The second kappa shape index (κ2) is 8.63. The van der Waals surface area contributed by atoms with Gasteiger partial charge in [-0.3, -0.25) is 9.36 Å². The highest BCUT2D eigenvalue weighted by Gasteiger charge is 2.22. The van der Waals surface area contributed by atoms with Crippen LogP contribution in [0.4, 0.5) is 0 Å². The van der Waals surface area contributed by atoms with E-state index in [0.717, 1.165) is 35.9 Å². The Hall–Kier alpha value is -0.900. The molecule has 9 heteroatoms. The summed E-state index contributed by atoms with van der Waals surface area (Å²) in [5.74, 6) is 1.01. The van der Waals surface area contributed by atoms with Crippen LogP contribution in [0.1, 0.15) is 50.0 Å². The van der Waals surface area contributed by atoms with Gasteiger partial charge >= 0.3 is 0 Å². The lowest BCUT2D eigenvalue weighted by Crippen LogP contribution is -2.24. The van der Waals surface area contributed by atoms with E-state index in [2.05, 4.69) is 13.8 Å². The molecular formula is C18H27N3O3S3. The van der Waals surface area contributed by atoms with E-state index < -0.39 is 10.0 Å². The molecule has 2 N–H and O–H groups in total. The number of sulfonamides is 1. The molecule has 1 aliphatic carbocycles. The largest absolute Gasteiger partial charge is 0.287 e. The van der Waals surface area contributed by atoms with Gasteiger partial charge in [0.25, 0.3) is 5.56 Å². The first-order valence-electron chi connectivity index (χ1n) is 9.44. The Labute approximate surface area is 168 Å². The molecule has 0 atom stereocenters. The zero-order valence-electron chi connectivity index (χ0n) is 15.9. The SMILES string of the molecule is CC(C)CCn1c(SCCCS(N)(=O)=O)nc2sc3c(c2c1=O)CCCC3. The van der Waals surface area contributed by atoms with Crippen molar-refractivity contribution in [1.29, 1.82) is 0 Å². The number of thioether (sulfide) groups is 1. The molecule has 3 rings (SSSR count). The molecule has 27 heavy (non-hydrogen) atoms. The summed E-state index contributed by atoms with van der Waals surface area (Å²) in [6, 6.07) is 0. The number of primary sulfonamides is 1. The maximum Gasteiger partial charge on any atom is 0.263 e. The van der Waals surface area contributed by atoms with Crippen LogP contribution in [0.2, 0.25) is 0 Å². The Morgan fingerprint density at radius 2 is 2.04 bits per heavy atom. The van der Waals surface area contributed by atoms with Crippen molar-refractivity contribution < 1.29 is 8.42 Å². The van der Waals surface area contributed by atoms with Gasteiger partial charge in [-0.25, -0.2) is 18.5 Å². The van der Waals surface area contributed by atoms with Crippen molar-refractivity contribution in [3.05, 3.63) is 20.8 Å². The Morgan fingerprint density at radius 3 is 2.74 bits per heavy atom. The highest BCUT2D eigenvalue weighted by Crippen LogP contribution is 2.34. The molecule has 2 aromatic rings. The van der Waals surface area contributed by atoms with E-state index in [1.54, 1.807) is 15.9 Å². The van der Waals surface area contributed by atoms with Crippen molar-refractivity contribution in [1.82, 2.24) is 9.55 Å². The van der Waals surface area contributed by atoms with Crippen LogP contribution in [0, 0.1) is 5.92 Å². The summed E-state index contributed by atoms with van der Waals surface area (Å²) in [7, 11) is -3.46. The summed E-state index contributed by atoms with van der Waals surface area (Å²) >= 11 is 3.10. The lowest BCUT2D eigenvalue weighted by Gasteiger charge is -2.14. The number of hydrogen-bond acceptors (Lipinski definition) is 6. The molecule has 0 saturated carbocycles. The quantitative estimate of drug-likeness (QED) is 0.395. The number of rotatable bonds is 8. The van der Waals surface area contributed by atoms with E-state index in [1.165, 1.54) is 28.6 Å². The molecule has 1 aliphatic rings. The lowest BCUT2D eigenvalue weighted by atomic mass is 9.97. The minimum Gasteiger partial charge on any atom is -0.287 e. The fourth-order valence-corrected chi connectivity index (χ4v) is 6.33. The molecule has 0 bridgehead atoms. The van der Waals surface area contributed by atoms with E-state index in [-0.39, 0.29) is 11.3 Å². The molecular weight excluding hydrogens is 402 g/mol.